The molecule has 0 aliphatic rings. The molecule has 3 rings (SSSR count). The number of thioether (sulfide) groups is 1. The first-order valence-electron chi connectivity index (χ1n) is 9.82. The third kappa shape index (κ3) is 8.46. The molecule has 2 aromatic heterocycles. The molecule has 0 unspecified atom stereocenters. The number of aryl methyl sites for hydroxylation is 2. The second kappa shape index (κ2) is 12.9. The summed E-state index contributed by atoms with van der Waals surface area (Å²) in [4.78, 5) is 20.1. The summed E-state index contributed by atoms with van der Waals surface area (Å²) in [7, 11) is 0. The Hall–Kier alpha value is -2.52. The average molecular weight is 450 g/mol. The van der Waals surface area contributed by atoms with Crippen molar-refractivity contribution in [3.8, 4) is 0 Å². The Labute approximate surface area is 186 Å². The Kier molecular flexibility index (Phi) is 10.2. The number of rotatable bonds is 12. The summed E-state index contributed by atoms with van der Waals surface area (Å²) < 4.78 is 1.78. The van der Waals surface area contributed by atoms with Crippen molar-refractivity contribution in [2.24, 2.45) is 0 Å². The number of nitrogens with two attached hydrogens (primary N) is 1. The first kappa shape index (κ1) is 23.8. The number of aromatic amines is 1. The molecule has 0 bridgehead atoms. The molecule has 10 heteroatoms. The van der Waals surface area contributed by atoms with Crippen LogP contribution >= 0.6 is 24.2 Å². The molecular weight excluding hydrogens is 422 g/mol. The zero-order valence-corrected chi connectivity index (χ0v) is 18.4. The van der Waals surface area contributed by atoms with E-state index in [2.05, 4.69) is 25.6 Å². The van der Waals surface area contributed by atoms with Gasteiger partial charge >= 0.3 is 0 Å². The van der Waals surface area contributed by atoms with E-state index in [-0.39, 0.29) is 18.3 Å². The van der Waals surface area contributed by atoms with Gasteiger partial charge in [-0.05, 0) is 37.8 Å². The third-order valence-electron chi connectivity index (χ3n) is 4.38. The fraction of sp³-hybridized carbons (Fsp3) is 0.400. The van der Waals surface area contributed by atoms with Crippen LogP contribution in [-0.4, -0.2) is 43.2 Å². The lowest BCUT2D eigenvalue weighted by atomic mass is 10.1. The number of hydrogen-bond acceptors (Lipinski definition) is 6. The molecule has 0 atom stereocenters. The van der Waals surface area contributed by atoms with E-state index in [1.165, 1.54) is 11.8 Å². The Bertz CT molecular complexity index is 884. The van der Waals surface area contributed by atoms with E-state index in [1.807, 2.05) is 42.7 Å². The van der Waals surface area contributed by atoms with Gasteiger partial charge in [-0.15, -0.1) is 29.3 Å². The summed E-state index contributed by atoms with van der Waals surface area (Å²) in [5.74, 6) is 0.915. The van der Waals surface area contributed by atoms with Crippen molar-refractivity contribution in [1.82, 2.24) is 30.3 Å². The van der Waals surface area contributed by atoms with Crippen LogP contribution in [0.25, 0.3) is 0 Å². The number of nitrogen functional groups attached to an aromatic ring is 1. The number of benzene rings is 1. The summed E-state index contributed by atoms with van der Waals surface area (Å²) in [5, 5.41) is 11.3. The highest BCUT2D eigenvalue weighted by Gasteiger charge is 2.05. The molecule has 30 heavy (non-hydrogen) atoms. The maximum absolute atomic E-state index is 11.9. The van der Waals surface area contributed by atoms with Crippen molar-refractivity contribution in [3.05, 3.63) is 54.1 Å². The van der Waals surface area contributed by atoms with Gasteiger partial charge in [0.05, 0.1) is 23.7 Å². The molecule has 0 aliphatic carbocycles. The van der Waals surface area contributed by atoms with Gasteiger partial charge in [0.1, 0.15) is 0 Å². The number of amides is 1. The van der Waals surface area contributed by atoms with Crippen molar-refractivity contribution in [3.63, 3.8) is 0 Å². The lowest BCUT2D eigenvalue weighted by Crippen LogP contribution is -2.28. The van der Waals surface area contributed by atoms with Gasteiger partial charge in [-0.3, -0.25) is 9.48 Å². The molecule has 4 N–H and O–H groups in total. The van der Waals surface area contributed by atoms with Crippen LogP contribution in [0.4, 0.5) is 5.95 Å². The number of aromatic nitrogens is 5. The molecule has 0 saturated carbocycles. The Morgan fingerprint density at radius 2 is 1.90 bits per heavy atom. The summed E-state index contributed by atoms with van der Waals surface area (Å²) in [6.45, 7) is 1.17. The second-order valence-corrected chi connectivity index (χ2v) is 7.81. The van der Waals surface area contributed by atoms with Crippen LogP contribution < -0.4 is 11.1 Å². The minimum absolute atomic E-state index is 0. The first-order valence-corrected chi connectivity index (χ1v) is 10.8. The number of carbonyl (C=O) groups is 1. The molecule has 0 saturated heterocycles. The van der Waals surface area contributed by atoms with Crippen molar-refractivity contribution in [2.45, 2.75) is 43.5 Å². The summed E-state index contributed by atoms with van der Waals surface area (Å²) in [6, 6.07) is 9.91. The van der Waals surface area contributed by atoms with Gasteiger partial charge in [0, 0.05) is 23.8 Å². The lowest BCUT2D eigenvalue weighted by Gasteiger charge is -2.05. The fourth-order valence-corrected chi connectivity index (χ4v) is 3.63. The van der Waals surface area contributed by atoms with Gasteiger partial charge in [0.25, 0.3) is 0 Å². The van der Waals surface area contributed by atoms with Crippen LogP contribution in [0, 0.1) is 0 Å². The number of H-pyrrole nitrogens is 1. The third-order valence-corrected chi connectivity index (χ3v) is 5.39. The second-order valence-electron chi connectivity index (χ2n) is 6.76. The molecule has 8 nitrogen and oxygen atoms in total. The lowest BCUT2D eigenvalue weighted by molar-refractivity contribution is -0.118. The normalized spacial score (nSPS) is 10.5. The topological polar surface area (TPSA) is 115 Å². The quantitative estimate of drug-likeness (QED) is 0.289. The smallest absolute Gasteiger partial charge is 0.230 e. The van der Waals surface area contributed by atoms with E-state index in [1.54, 1.807) is 4.68 Å². The van der Waals surface area contributed by atoms with Crippen LogP contribution in [0.2, 0.25) is 0 Å². The standard InChI is InChI=1S/C20H27N7OS.ClH/c21-20-23-13-16(24-20)7-3-1-4-8-17-14-27(26-25-17)12-11-22-19(28)15-29-18-9-5-2-6-10-18;/h2,5-6,9-10,13-14H,1,3-4,7-8,11-12,15H2,(H,22,28)(H3,21,23,24);1H. The average Bonchev–Trinajstić information content (AvgIpc) is 3.36. The minimum Gasteiger partial charge on any atom is -0.369 e. The monoisotopic (exact) mass is 449 g/mol. The number of carbonyl (C=O) groups excluding carboxylic acids is 1. The largest absolute Gasteiger partial charge is 0.369 e. The Morgan fingerprint density at radius 3 is 2.63 bits per heavy atom. The van der Waals surface area contributed by atoms with Gasteiger partial charge in [0.15, 0.2) is 5.95 Å². The zero-order valence-electron chi connectivity index (χ0n) is 16.8. The number of nitrogens with zero attached hydrogens (tertiary/aromatic N) is 4. The molecule has 0 aliphatic heterocycles. The highest BCUT2D eigenvalue weighted by atomic mass is 35.5. The molecular formula is C20H28ClN7OS. The first-order chi connectivity index (χ1) is 14.2. The number of unbranched alkanes of at least 4 members (excludes halogenated alkanes) is 2. The fourth-order valence-electron chi connectivity index (χ4n) is 2.88. The summed E-state index contributed by atoms with van der Waals surface area (Å²) >= 11 is 1.53. The maximum Gasteiger partial charge on any atom is 0.230 e. The van der Waals surface area contributed by atoms with Gasteiger partial charge in [0.2, 0.25) is 5.91 Å². The van der Waals surface area contributed by atoms with E-state index in [4.69, 9.17) is 5.73 Å². The van der Waals surface area contributed by atoms with Gasteiger partial charge in [-0.1, -0.05) is 29.8 Å². The molecule has 2 heterocycles. The van der Waals surface area contributed by atoms with Crippen molar-refractivity contribution < 1.29 is 4.79 Å². The van der Waals surface area contributed by atoms with Crippen LogP contribution in [0.3, 0.4) is 0 Å². The number of nitrogens with one attached hydrogen (secondary N) is 2. The number of imidazole rings is 1. The van der Waals surface area contributed by atoms with Crippen LogP contribution in [0.15, 0.2) is 47.6 Å². The van der Waals surface area contributed by atoms with E-state index >= 15 is 0 Å². The highest BCUT2D eigenvalue weighted by Crippen LogP contribution is 2.16. The molecule has 3 aromatic rings. The van der Waals surface area contributed by atoms with Crippen molar-refractivity contribution in [2.75, 3.05) is 18.0 Å². The Morgan fingerprint density at radius 1 is 1.13 bits per heavy atom. The van der Waals surface area contributed by atoms with Crippen LogP contribution in [0.1, 0.15) is 30.7 Å². The molecule has 162 valence electrons. The van der Waals surface area contributed by atoms with E-state index in [0.717, 1.165) is 48.4 Å². The minimum atomic E-state index is 0. The van der Waals surface area contributed by atoms with E-state index in [0.29, 0.717) is 24.8 Å². The SMILES string of the molecule is Cl.Nc1nc(CCCCCc2cn(CCNC(=O)CSc3ccccc3)nn2)c[nH]1. The predicted molar refractivity (Wildman–Crippen MR) is 122 cm³/mol. The van der Waals surface area contributed by atoms with Gasteiger partial charge < -0.3 is 16.0 Å². The van der Waals surface area contributed by atoms with Crippen LogP contribution in [0.5, 0.6) is 0 Å². The maximum atomic E-state index is 11.9. The van der Waals surface area contributed by atoms with E-state index in [9.17, 15) is 4.79 Å². The number of anilines is 1. The Balaban J connectivity index is 0.00000320. The van der Waals surface area contributed by atoms with Crippen LogP contribution in [-0.2, 0) is 24.2 Å². The van der Waals surface area contributed by atoms with Gasteiger partial charge in [-0.25, -0.2) is 4.98 Å². The van der Waals surface area contributed by atoms with E-state index < -0.39 is 0 Å². The van der Waals surface area contributed by atoms with Crippen molar-refractivity contribution in [1.29, 1.82) is 0 Å². The molecule has 1 amide bonds. The predicted octanol–water partition coefficient (Wildman–Crippen LogP) is 2.87. The molecule has 0 spiro atoms. The number of hydrogen-bond donors (Lipinski definition) is 3. The molecule has 0 radical (unpaired) electrons. The molecule has 0 fully saturated rings. The highest BCUT2D eigenvalue weighted by molar-refractivity contribution is 8.00. The van der Waals surface area contributed by atoms with Gasteiger partial charge in [-0.2, -0.15) is 0 Å². The summed E-state index contributed by atoms with van der Waals surface area (Å²) in [6.07, 6.45) is 8.90. The van der Waals surface area contributed by atoms with Crippen molar-refractivity contribution >= 4 is 36.0 Å². The summed E-state index contributed by atoms with van der Waals surface area (Å²) in [5.41, 5.74) is 7.57. The zero-order chi connectivity index (χ0) is 20.3. The number of halogens is 1. The molecule has 1 aromatic carbocycles.